The zero-order valence-corrected chi connectivity index (χ0v) is 12.1. The first kappa shape index (κ1) is 14.1. The Kier molecular flexibility index (Phi) is 4.25. The molecule has 0 bridgehead atoms. The van der Waals surface area contributed by atoms with Gasteiger partial charge in [-0.1, -0.05) is 38.0 Å². The maximum atomic E-state index is 12.5. The molecule has 0 radical (unpaired) electrons. The summed E-state index contributed by atoms with van der Waals surface area (Å²) in [4.78, 5) is 14.4. The minimum Gasteiger partial charge on any atom is -0.320 e. The van der Waals surface area contributed by atoms with Crippen molar-refractivity contribution in [2.75, 3.05) is 11.4 Å². The molecule has 1 aliphatic rings. The van der Waals surface area contributed by atoms with Gasteiger partial charge in [-0.3, -0.25) is 4.79 Å². The van der Waals surface area contributed by atoms with Crippen LogP contribution in [-0.2, 0) is 11.2 Å². The molecular formula is C16H24N2O. The van der Waals surface area contributed by atoms with E-state index in [1.54, 1.807) is 0 Å². The van der Waals surface area contributed by atoms with Crippen LogP contribution in [0.2, 0.25) is 0 Å². The Bertz CT molecular complexity index is 470. The Morgan fingerprint density at radius 2 is 2.21 bits per heavy atom. The molecule has 1 heterocycles. The Hall–Kier alpha value is -1.35. The van der Waals surface area contributed by atoms with Crippen molar-refractivity contribution in [1.82, 2.24) is 0 Å². The summed E-state index contributed by atoms with van der Waals surface area (Å²) in [5.74, 6) is 0.294. The van der Waals surface area contributed by atoms with Crippen LogP contribution in [0.1, 0.15) is 37.8 Å². The molecule has 1 aromatic carbocycles. The van der Waals surface area contributed by atoms with E-state index in [0.717, 1.165) is 31.5 Å². The molecular weight excluding hydrogens is 236 g/mol. The maximum absolute atomic E-state index is 12.5. The number of aryl methyl sites for hydroxylation is 2. The number of benzene rings is 1. The minimum atomic E-state index is -0.391. The van der Waals surface area contributed by atoms with Crippen molar-refractivity contribution >= 4 is 11.6 Å². The lowest BCUT2D eigenvalue weighted by Gasteiger charge is -2.33. The van der Waals surface area contributed by atoms with Gasteiger partial charge >= 0.3 is 0 Å². The van der Waals surface area contributed by atoms with Gasteiger partial charge in [-0.15, -0.1) is 0 Å². The number of hydrogen-bond acceptors (Lipinski definition) is 2. The molecule has 104 valence electrons. The molecule has 0 aromatic heterocycles. The summed E-state index contributed by atoms with van der Waals surface area (Å²) in [5, 5.41) is 0. The summed E-state index contributed by atoms with van der Waals surface area (Å²) in [7, 11) is 0. The summed E-state index contributed by atoms with van der Waals surface area (Å²) in [5.41, 5.74) is 9.68. The molecule has 2 rings (SSSR count). The van der Waals surface area contributed by atoms with Crippen LogP contribution in [0.15, 0.2) is 18.2 Å². The van der Waals surface area contributed by atoms with Gasteiger partial charge in [0.1, 0.15) is 0 Å². The summed E-state index contributed by atoms with van der Waals surface area (Å²) in [6.07, 6.45) is 3.01. The predicted molar refractivity (Wildman–Crippen MR) is 79.3 cm³/mol. The highest BCUT2D eigenvalue weighted by atomic mass is 16.2. The van der Waals surface area contributed by atoms with Crippen LogP contribution >= 0.6 is 0 Å². The smallest absolute Gasteiger partial charge is 0.244 e. The third-order valence-corrected chi connectivity index (χ3v) is 4.16. The lowest BCUT2D eigenvalue weighted by molar-refractivity contribution is -0.120. The third kappa shape index (κ3) is 2.81. The van der Waals surface area contributed by atoms with Gasteiger partial charge in [0.25, 0.3) is 0 Å². The molecule has 0 fully saturated rings. The van der Waals surface area contributed by atoms with Gasteiger partial charge in [-0.25, -0.2) is 0 Å². The predicted octanol–water partition coefficient (Wildman–Crippen LogP) is 2.65. The van der Waals surface area contributed by atoms with Crippen molar-refractivity contribution in [3.8, 4) is 0 Å². The summed E-state index contributed by atoms with van der Waals surface area (Å²) < 4.78 is 0. The van der Waals surface area contributed by atoms with Crippen LogP contribution in [0.25, 0.3) is 0 Å². The first-order valence-corrected chi connectivity index (χ1v) is 7.21. The molecule has 0 spiro atoms. The van der Waals surface area contributed by atoms with E-state index in [0.29, 0.717) is 0 Å². The van der Waals surface area contributed by atoms with Crippen LogP contribution in [0, 0.1) is 12.8 Å². The van der Waals surface area contributed by atoms with Crippen LogP contribution in [0.4, 0.5) is 5.69 Å². The topological polar surface area (TPSA) is 46.3 Å². The maximum Gasteiger partial charge on any atom is 0.244 e. The molecule has 0 saturated carbocycles. The highest BCUT2D eigenvalue weighted by molar-refractivity contribution is 5.98. The number of rotatable bonds is 3. The van der Waals surface area contributed by atoms with Gasteiger partial charge in [0.2, 0.25) is 5.91 Å². The largest absolute Gasteiger partial charge is 0.320 e. The number of anilines is 1. The van der Waals surface area contributed by atoms with Crippen molar-refractivity contribution in [3.05, 3.63) is 29.3 Å². The van der Waals surface area contributed by atoms with E-state index in [-0.39, 0.29) is 11.8 Å². The molecule has 2 atom stereocenters. The molecule has 0 aliphatic carbocycles. The molecule has 1 amide bonds. The zero-order valence-electron chi connectivity index (χ0n) is 12.1. The quantitative estimate of drug-likeness (QED) is 0.908. The van der Waals surface area contributed by atoms with Gasteiger partial charge in [-0.2, -0.15) is 0 Å². The summed E-state index contributed by atoms with van der Waals surface area (Å²) in [6, 6.07) is 5.92. The molecule has 1 unspecified atom stereocenters. The average Bonchev–Trinajstić information content (AvgIpc) is 2.43. The van der Waals surface area contributed by atoms with Crippen molar-refractivity contribution < 1.29 is 4.79 Å². The van der Waals surface area contributed by atoms with Crippen molar-refractivity contribution in [2.24, 2.45) is 11.7 Å². The van der Waals surface area contributed by atoms with Gasteiger partial charge in [0, 0.05) is 12.2 Å². The molecule has 1 aromatic rings. The fraction of sp³-hybridized carbons (Fsp3) is 0.562. The fourth-order valence-corrected chi connectivity index (χ4v) is 2.63. The first-order chi connectivity index (χ1) is 9.04. The van der Waals surface area contributed by atoms with E-state index in [1.807, 2.05) is 11.8 Å². The second kappa shape index (κ2) is 5.74. The van der Waals surface area contributed by atoms with Gasteiger partial charge in [-0.05, 0) is 37.3 Å². The lowest BCUT2D eigenvalue weighted by Crippen LogP contribution is -2.48. The van der Waals surface area contributed by atoms with Crippen molar-refractivity contribution in [3.63, 3.8) is 0 Å². The molecule has 2 N–H and O–H groups in total. The van der Waals surface area contributed by atoms with E-state index in [2.05, 4.69) is 32.0 Å². The summed E-state index contributed by atoms with van der Waals surface area (Å²) >= 11 is 0. The second-order valence-corrected chi connectivity index (χ2v) is 5.64. The second-order valence-electron chi connectivity index (χ2n) is 5.64. The SMILES string of the molecule is CCC(C)[C@H](N)C(=O)N1CCCc2cc(C)ccc21. The average molecular weight is 260 g/mol. The van der Waals surface area contributed by atoms with Crippen LogP contribution < -0.4 is 10.6 Å². The number of nitrogens with two attached hydrogens (primary N) is 1. The molecule has 3 nitrogen and oxygen atoms in total. The van der Waals surface area contributed by atoms with Crippen LogP contribution in [-0.4, -0.2) is 18.5 Å². The normalized spacial score (nSPS) is 17.8. The Labute approximate surface area is 115 Å². The third-order valence-electron chi connectivity index (χ3n) is 4.16. The van der Waals surface area contributed by atoms with Crippen molar-refractivity contribution in [1.29, 1.82) is 0 Å². The van der Waals surface area contributed by atoms with E-state index in [1.165, 1.54) is 11.1 Å². The van der Waals surface area contributed by atoms with Crippen LogP contribution in [0.5, 0.6) is 0 Å². The Morgan fingerprint density at radius 3 is 2.89 bits per heavy atom. The van der Waals surface area contributed by atoms with E-state index < -0.39 is 6.04 Å². The number of carbonyl (C=O) groups excluding carboxylic acids is 1. The fourth-order valence-electron chi connectivity index (χ4n) is 2.63. The van der Waals surface area contributed by atoms with Crippen molar-refractivity contribution in [2.45, 2.75) is 46.1 Å². The molecule has 19 heavy (non-hydrogen) atoms. The van der Waals surface area contributed by atoms with E-state index in [4.69, 9.17) is 5.73 Å². The minimum absolute atomic E-state index is 0.0687. The number of nitrogens with zero attached hydrogens (tertiary/aromatic N) is 1. The molecule has 1 aliphatic heterocycles. The summed E-state index contributed by atoms with van der Waals surface area (Å²) in [6.45, 7) is 7.00. The number of fused-ring (bicyclic) bond motifs is 1. The Morgan fingerprint density at radius 1 is 1.47 bits per heavy atom. The highest BCUT2D eigenvalue weighted by Crippen LogP contribution is 2.29. The standard InChI is InChI=1S/C16H24N2O/c1-4-12(3)15(17)16(19)18-9-5-6-13-10-11(2)7-8-14(13)18/h7-8,10,12,15H,4-6,9,17H2,1-3H3/t12?,15-/m0/s1. The highest BCUT2D eigenvalue weighted by Gasteiger charge is 2.28. The molecule has 0 saturated heterocycles. The van der Waals surface area contributed by atoms with Crippen LogP contribution in [0.3, 0.4) is 0 Å². The first-order valence-electron chi connectivity index (χ1n) is 7.21. The monoisotopic (exact) mass is 260 g/mol. The van der Waals surface area contributed by atoms with Gasteiger partial charge in [0.15, 0.2) is 0 Å². The van der Waals surface area contributed by atoms with Gasteiger partial charge < -0.3 is 10.6 Å². The van der Waals surface area contributed by atoms with E-state index >= 15 is 0 Å². The van der Waals surface area contributed by atoms with Gasteiger partial charge in [0.05, 0.1) is 6.04 Å². The number of hydrogen-bond donors (Lipinski definition) is 1. The lowest BCUT2D eigenvalue weighted by atomic mass is 9.95. The van der Waals surface area contributed by atoms with E-state index in [9.17, 15) is 4.79 Å². The zero-order chi connectivity index (χ0) is 14.0. The number of carbonyl (C=O) groups is 1. The number of amides is 1. The Balaban J connectivity index is 2.26. The molecule has 3 heteroatoms.